The average molecular weight is 481 g/mol. The van der Waals surface area contributed by atoms with E-state index in [1.165, 1.54) is 39.2 Å². The number of halogens is 4. The molecule has 0 fully saturated rings. The molecule has 2 aromatic rings. The Morgan fingerprint density at radius 3 is 2.37 bits per heavy atom. The zero-order valence-electron chi connectivity index (χ0n) is 16.5. The van der Waals surface area contributed by atoms with E-state index in [4.69, 9.17) is 11.6 Å². The normalized spacial score (nSPS) is 13.4. The minimum Gasteiger partial charge on any atom is -0.325 e. The molecule has 0 unspecified atom stereocenters. The molecule has 0 aromatic heterocycles. The summed E-state index contributed by atoms with van der Waals surface area (Å²) in [4.78, 5) is 12.8. The first-order chi connectivity index (χ1) is 13.7. The van der Waals surface area contributed by atoms with Crippen molar-refractivity contribution < 1.29 is 26.4 Å². The Morgan fingerprint density at radius 2 is 1.80 bits per heavy atom. The second-order valence-electron chi connectivity index (χ2n) is 6.65. The number of carbonyl (C=O) groups is 1. The van der Waals surface area contributed by atoms with Crippen LogP contribution in [0.4, 0.5) is 18.9 Å². The second-order valence-corrected chi connectivity index (χ2v) is 10.6. The largest absolute Gasteiger partial charge is 0.417 e. The number of hydrogen-bond donors (Lipinski definition) is 1. The number of alkyl halides is 3. The van der Waals surface area contributed by atoms with Crippen LogP contribution in [0.15, 0.2) is 46.2 Å². The van der Waals surface area contributed by atoms with E-state index in [1.807, 2.05) is 0 Å². The average Bonchev–Trinajstić information content (AvgIpc) is 2.63. The van der Waals surface area contributed by atoms with E-state index in [2.05, 4.69) is 5.32 Å². The van der Waals surface area contributed by atoms with Gasteiger partial charge in [-0.05, 0) is 49.7 Å². The van der Waals surface area contributed by atoms with Gasteiger partial charge in [0, 0.05) is 24.7 Å². The van der Waals surface area contributed by atoms with Crippen LogP contribution in [0, 0.1) is 6.92 Å². The van der Waals surface area contributed by atoms with Gasteiger partial charge in [-0.15, -0.1) is 11.8 Å². The highest BCUT2D eigenvalue weighted by atomic mass is 35.5. The van der Waals surface area contributed by atoms with Crippen LogP contribution in [0.2, 0.25) is 5.02 Å². The van der Waals surface area contributed by atoms with Gasteiger partial charge in [0.15, 0.2) is 0 Å². The number of carbonyl (C=O) groups excluding carboxylic acids is 1. The predicted octanol–water partition coefficient (Wildman–Crippen LogP) is 5.04. The molecule has 164 valence electrons. The number of aryl methyl sites for hydroxylation is 1. The summed E-state index contributed by atoms with van der Waals surface area (Å²) in [6.45, 7) is 3.24. The second kappa shape index (κ2) is 9.17. The van der Waals surface area contributed by atoms with Crippen LogP contribution >= 0.6 is 23.4 Å². The lowest BCUT2D eigenvalue weighted by Crippen LogP contribution is -2.24. The molecule has 0 aliphatic rings. The number of benzene rings is 2. The Morgan fingerprint density at radius 1 is 1.17 bits per heavy atom. The van der Waals surface area contributed by atoms with E-state index < -0.39 is 37.9 Å². The molecule has 0 heterocycles. The van der Waals surface area contributed by atoms with Crippen LogP contribution in [-0.4, -0.2) is 38.0 Å². The molecule has 0 spiro atoms. The fraction of sp³-hybridized carbons (Fsp3) is 0.316. The van der Waals surface area contributed by atoms with Crippen molar-refractivity contribution in [2.75, 3.05) is 19.4 Å². The number of anilines is 1. The summed E-state index contributed by atoms with van der Waals surface area (Å²) in [6.07, 6.45) is -4.60. The summed E-state index contributed by atoms with van der Waals surface area (Å²) in [5, 5.41) is 1.48. The molecular weight excluding hydrogens is 461 g/mol. The van der Waals surface area contributed by atoms with Crippen LogP contribution < -0.4 is 5.32 Å². The maximum Gasteiger partial charge on any atom is 0.417 e. The van der Waals surface area contributed by atoms with Gasteiger partial charge in [0.05, 0.1) is 20.7 Å². The van der Waals surface area contributed by atoms with Gasteiger partial charge in [0.1, 0.15) is 0 Å². The van der Waals surface area contributed by atoms with Gasteiger partial charge in [-0.3, -0.25) is 4.79 Å². The summed E-state index contributed by atoms with van der Waals surface area (Å²) < 4.78 is 64.7. The van der Waals surface area contributed by atoms with Gasteiger partial charge >= 0.3 is 6.18 Å². The first-order valence-electron chi connectivity index (χ1n) is 8.61. The van der Waals surface area contributed by atoms with E-state index >= 15 is 0 Å². The number of sulfonamides is 1. The van der Waals surface area contributed by atoms with Crippen molar-refractivity contribution in [1.82, 2.24) is 4.31 Å². The third-order valence-corrected chi connectivity index (χ3v) is 7.41. The molecule has 2 aromatic carbocycles. The number of amides is 1. The zero-order chi connectivity index (χ0) is 22.9. The minimum atomic E-state index is -4.60. The summed E-state index contributed by atoms with van der Waals surface area (Å²) in [5.41, 5.74) is -0.0224. The molecule has 1 amide bonds. The first kappa shape index (κ1) is 24.5. The molecule has 2 rings (SSSR count). The zero-order valence-corrected chi connectivity index (χ0v) is 18.9. The van der Waals surface area contributed by atoms with Crippen LogP contribution in [0.25, 0.3) is 0 Å². The van der Waals surface area contributed by atoms with Gasteiger partial charge in [0.25, 0.3) is 0 Å². The quantitative estimate of drug-likeness (QED) is 0.588. The lowest BCUT2D eigenvalue weighted by atomic mass is 10.2. The SMILES string of the molecule is Cc1ccc(S(=O)(=O)N(C)C)cc1NC(=O)[C@H](C)Sc1ccc(Cl)c(C(F)(F)F)c1. The molecular formula is C19H20ClF3N2O3S2. The number of thioether (sulfide) groups is 1. The van der Waals surface area contributed by atoms with Crippen molar-refractivity contribution in [3.8, 4) is 0 Å². The lowest BCUT2D eigenvalue weighted by Gasteiger charge is -2.17. The topological polar surface area (TPSA) is 66.5 Å². The highest BCUT2D eigenvalue weighted by molar-refractivity contribution is 8.00. The molecule has 5 nitrogen and oxygen atoms in total. The highest BCUT2D eigenvalue weighted by Gasteiger charge is 2.33. The van der Waals surface area contributed by atoms with Crippen molar-refractivity contribution in [2.45, 2.75) is 35.1 Å². The van der Waals surface area contributed by atoms with Crippen LogP contribution in [0.3, 0.4) is 0 Å². The number of hydrogen-bond acceptors (Lipinski definition) is 4. The molecule has 1 atom stereocenters. The van der Waals surface area contributed by atoms with E-state index in [-0.39, 0.29) is 9.79 Å². The molecule has 0 radical (unpaired) electrons. The van der Waals surface area contributed by atoms with Crippen molar-refractivity contribution in [3.63, 3.8) is 0 Å². The third-order valence-electron chi connectivity index (χ3n) is 4.17. The fourth-order valence-electron chi connectivity index (χ4n) is 2.39. The lowest BCUT2D eigenvalue weighted by molar-refractivity contribution is -0.137. The molecule has 0 aliphatic heterocycles. The Labute approximate surface area is 182 Å². The molecule has 0 bridgehead atoms. The van der Waals surface area contributed by atoms with Crippen molar-refractivity contribution >= 4 is 45.0 Å². The van der Waals surface area contributed by atoms with Crippen molar-refractivity contribution in [3.05, 3.63) is 52.5 Å². The highest BCUT2D eigenvalue weighted by Crippen LogP contribution is 2.38. The predicted molar refractivity (Wildman–Crippen MR) is 112 cm³/mol. The van der Waals surface area contributed by atoms with Gasteiger partial charge in [-0.2, -0.15) is 13.2 Å². The minimum absolute atomic E-state index is 0.0150. The van der Waals surface area contributed by atoms with Crippen molar-refractivity contribution in [1.29, 1.82) is 0 Å². The standard InChI is InChI=1S/C19H20ClF3N2O3S2/c1-11-5-7-14(30(27,28)25(3)4)10-17(11)24-18(26)12(2)29-13-6-8-16(20)15(9-13)19(21,22)23/h5-10,12H,1-4H3,(H,24,26)/t12-/m0/s1. The summed E-state index contributed by atoms with van der Waals surface area (Å²) >= 11 is 6.55. The number of rotatable bonds is 6. The molecule has 0 saturated carbocycles. The molecule has 1 N–H and O–H groups in total. The third kappa shape index (κ3) is 5.69. The number of nitrogens with zero attached hydrogens (tertiary/aromatic N) is 1. The first-order valence-corrected chi connectivity index (χ1v) is 11.3. The van der Waals surface area contributed by atoms with Gasteiger partial charge < -0.3 is 5.32 Å². The fourth-order valence-corrected chi connectivity index (χ4v) is 4.45. The Hall–Kier alpha value is -1.75. The van der Waals surface area contributed by atoms with Gasteiger partial charge in [0.2, 0.25) is 15.9 Å². The van der Waals surface area contributed by atoms with Crippen LogP contribution in [-0.2, 0) is 21.0 Å². The Balaban J connectivity index is 2.21. The van der Waals surface area contributed by atoms with Crippen molar-refractivity contribution in [2.24, 2.45) is 0 Å². The summed E-state index contributed by atoms with van der Waals surface area (Å²) in [5.74, 6) is -0.481. The monoisotopic (exact) mass is 480 g/mol. The smallest absolute Gasteiger partial charge is 0.325 e. The molecule has 0 aliphatic carbocycles. The van der Waals surface area contributed by atoms with Gasteiger partial charge in [-0.25, -0.2) is 12.7 Å². The Bertz CT molecular complexity index is 1060. The summed E-state index contributed by atoms with van der Waals surface area (Å²) in [6, 6.07) is 7.79. The van der Waals surface area contributed by atoms with E-state index in [1.54, 1.807) is 13.0 Å². The summed E-state index contributed by atoms with van der Waals surface area (Å²) in [7, 11) is -0.893. The van der Waals surface area contributed by atoms with Crippen LogP contribution in [0.1, 0.15) is 18.1 Å². The van der Waals surface area contributed by atoms with Crippen LogP contribution in [0.5, 0.6) is 0 Å². The molecule has 0 saturated heterocycles. The maximum absolute atomic E-state index is 13.0. The Kier molecular flexibility index (Phi) is 7.49. The maximum atomic E-state index is 13.0. The van der Waals surface area contributed by atoms with E-state index in [9.17, 15) is 26.4 Å². The van der Waals surface area contributed by atoms with E-state index in [0.717, 1.165) is 28.2 Å². The number of nitrogens with one attached hydrogen (secondary N) is 1. The van der Waals surface area contributed by atoms with Gasteiger partial charge in [-0.1, -0.05) is 17.7 Å². The molecule has 30 heavy (non-hydrogen) atoms. The molecule has 11 heteroatoms. The van der Waals surface area contributed by atoms with E-state index in [0.29, 0.717) is 11.3 Å².